The van der Waals surface area contributed by atoms with E-state index in [0.717, 1.165) is 22.3 Å². The molecular formula is C27H16NO2+. The van der Waals surface area contributed by atoms with Gasteiger partial charge in [-0.3, -0.25) is 0 Å². The Kier molecular flexibility index (Phi) is 2.33. The fourth-order valence-corrected chi connectivity index (χ4v) is 5.68. The lowest BCUT2D eigenvalue weighted by molar-refractivity contribution is -0.643. The third-order valence-corrected chi connectivity index (χ3v) is 6.93. The summed E-state index contributed by atoms with van der Waals surface area (Å²) >= 11 is 0. The van der Waals surface area contributed by atoms with Gasteiger partial charge in [-0.05, 0) is 41.5 Å². The molecule has 0 radical (unpaired) electrons. The molecule has 3 nitrogen and oxygen atoms in total. The predicted octanol–water partition coefficient (Wildman–Crippen LogP) is 6.95. The number of aryl methyl sites for hydroxylation is 2. The lowest BCUT2D eigenvalue weighted by Crippen LogP contribution is -2.28. The second kappa shape index (κ2) is 4.65. The second-order valence-corrected chi connectivity index (χ2v) is 8.49. The molecular weight excluding hydrogens is 370 g/mol. The van der Waals surface area contributed by atoms with Gasteiger partial charge < -0.3 is 8.83 Å². The van der Waals surface area contributed by atoms with Crippen LogP contribution < -0.4 is 4.57 Å². The number of hydrogen-bond donors (Lipinski definition) is 0. The van der Waals surface area contributed by atoms with Gasteiger partial charge in [-0.1, -0.05) is 30.3 Å². The fourth-order valence-electron chi connectivity index (χ4n) is 5.68. The van der Waals surface area contributed by atoms with Crippen LogP contribution in [0.15, 0.2) is 69.6 Å². The number of hydrogen-bond acceptors (Lipinski definition) is 2. The topological polar surface area (TPSA) is 30.2 Å². The van der Waals surface area contributed by atoms with Crippen LogP contribution in [0.4, 0.5) is 0 Å². The molecule has 8 rings (SSSR count). The molecule has 8 aromatic rings. The monoisotopic (exact) mass is 386 g/mol. The van der Waals surface area contributed by atoms with Gasteiger partial charge in [0.25, 0.3) is 0 Å². The molecule has 0 amide bonds. The minimum atomic E-state index is 0.929. The van der Waals surface area contributed by atoms with Gasteiger partial charge in [0, 0.05) is 33.0 Å². The quantitative estimate of drug-likeness (QED) is 0.208. The Morgan fingerprint density at radius 3 is 1.70 bits per heavy atom. The minimum Gasteiger partial charge on any atom is -0.456 e. The first-order chi connectivity index (χ1) is 14.7. The lowest BCUT2D eigenvalue weighted by atomic mass is 9.90. The number of nitrogens with zero attached hydrogens (tertiary/aromatic N) is 1. The first kappa shape index (κ1) is 15.1. The number of benzene rings is 4. The van der Waals surface area contributed by atoms with Crippen LogP contribution in [0.3, 0.4) is 0 Å². The van der Waals surface area contributed by atoms with E-state index in [9.17, 15) is 0 Å². The van der Waals surface area contributed by atoms with Crippen LogP contribution in [0, 0.1) is 6.92 Å². The zero-order chi connectivity index (χ0) is 19.7. The Balaban J connectivity index is 1.99. The van der Waals surface area contributed by atoms with Crippen LogP contribution in [0.2, 0.25) is 0 Å². The van der Waals surface area contributed by atoms with Crippen LogP contribution in [-0.2, 0) is 7.05 Å². The highest BCUT2D eigenvalue weighted by Gasteiger charge is 2.26. The molecule has 30 heavy (non-hydrogen) atoms. The van der Waals surface area contributed by atoms with Gasteiger partial charge in [0.15, 0.2) is 6.20 Å². The van der Waals surface area contributed by atoms with Crippen molar-refractivity contribution in [1.82, 2.24) is 0 Å². The SMILES string of the molecule is Cc1ccc2oc3ccc4ccc5ccc6oc7cc[n+](C)c8c1c2c3c4c5c6c78. The van der Waals surface area contributed by atoms with Crippen LogP contribution in [-0.4, -0.2) is 0 Å². The van der Waals surface area contributed by atoms with Gasteiger partial charge in [0.2, 0.25) is 5.52 Å². The molecule has 5 aromatic carbocycles. The number of pyridine rings is 1. The molecule has 140 valence electrons. The Morgan fingerprint density at radius 2 is 1.03 bits per heavy atom. The maximum Gasteiger partial charge on any atom is 0.225 e. The van der Waals surface area contributed by atoms with Crippen LogP contribution in [0.25, 0.3) is 76.3 Å². The van der Waals surface area contributed by atoms with Crippen molar-refractivity contribution in [2.45, 2.75) is 6.92 Å². The minimum absolute atomic E-state index is 0.929. The summed E-state index contributed by atoms with van der Waals surface area (Å²) in [6.07, 6.45) is 2.10. The average molecular weight is 386 g/mol. The first-order valence-corrected chi connectivity index (χ1v) is 10.3. The highest BCUT2D eigenvalue weighted by molar-refractivity contribution is 6.40. The van der Waals surface area contributed by atoms with Gasteiger partial charge in [-0.25, -0.2) is 4.57 Å². The van der Waals surface area contributed by atoms with Crippen molar-refractivity contribution in [3.05, 3.63) is 66.4 Å². The van der Waals surface area contributed by atoms with Crippen molar-refractivity contribution in [2.75, 3.05) is 0 Å². The molecule has 0 unspecified atom stereocenters. The first-order valence-electron chi connectivity index (χ1n) is 10.3. The fraction of sp³-hybridized carbons (Fsp3) is 0.0741. The van der Waals surface area contributed by atoms with E-state index in [2.05, 4.69) is 79.3 Å². The normalized spacial score (nSPS) is 13.0. The molecule has 0 aliphatic heterocycles. The van der Waals surface area contributed by atoms with E-state index in [1.807, 2.05) is 0 Å². The highest BCUT2D eigenvalue weighted by Crippen LogP contribution is 2.47. The molecule has 0 aliphatic rings. The van der Waals surface area contributed by atoms with Gasteiger partial charge in [0.05, 0.1) is 5.39 Å². The van der Waals surface area contributed by atoms with E-state index >= 15 is 0 Å². The number of fused-ring (bicyclic) bond motifs is 1. The van der Waals surface area contributed by atoms with Crippen molar-refractivity contribution in [2.24, 2.45) is 7.05 Å². The molecule has 0 saturated heterocycles. The highest BCUT2D eigenvalue weighted by atomic mass is 16.3. The third kappa shape index (κ3) is 1.49. The van der Waals surface area contributed by atoms with E-state index in [1.165, 1.54) is 59.6 Å². The van der Waals surface area contributed by atoms with E-state index in [4.69, 9.17) is 8.83 Å². The van der Waals surface area contributed by atoms with Gasteiger partial charge in [-0.15, -0.1) is 0 Å². The van der Waals surface area contributed by atoms with E-state index < -0.39 is 0 Å². The smallest absolute Gasteiger partial charge is 0.225 e. The molecule has 0 saturated carbocycles. The number of aromatic nitrogens is 1. The largest absolute Gasteiger partial charge is 0.456 e. The Labute approximate surface area is 170 Å². The van der Waals surface area contributed by atoms with Crippen LogP contribution in [0.1, 0.15) is 5.56 Å². The van der Waals surface area contributed by atoms with E-state index in [0.29, 0.717) is 0 Å². The summed E-state index contributed by atoms with van der Waals surface area (Å²) in [6, 6.07) is 19.4. The summed E-state index contributed by atoms with van der Waals surface area (Å²) in [5.74, 6) is 0. The maximum atomic E-state index is 6.39. The standard InChI is InChI=1S/C27H16NO2/c1-13-3-8-16-23-20(13)27-26-19(11-12-28(27)2)30-18-10-7-15-5-4-14-6-9-17(29-16)24(23)21(14)22(15)25(18)26/h3-12H,1-2H3/q+1. The molecule has 3 heteroatoms. The van der Waals surface area contributed by atoms with Gasteiger partial charge in [0.1, 0.15) is 34.8 Å². The summed E-state index contributed by atoms with van der Waals surface area (Å²) in [5, 5.41) is 11.0. The van der Waals surface area contributed by atoms with Crippen molar-refractivity contribution >= 4 is 76.3 Å². The average Bonchev–Trinajstić information content (AvgIpc) is 3.31. The van der Waals surface area contributed by atoms with Gasteiger partial charge >= 0.3 is 0 Å². The molecule has 3 aromatic heterocycles. The summed E-state index contributed by atoms with van der Waals surface area (Å²) in [6.45, 7) is 2.19. The van der Waals surface area contributed by atoms with Crippen LogP contribution in [0.5, 0.6) is 0 Å². The van der Waals surface area contributed by atoms with E-state index in [1.54, 1.807) is 0 Å². The number of furan rings is 2. The molecule has 0 fully saturated rings. The van der Waals surface area contributed by atoms with Crippen molar-refractivity contribution in [3.63, 3.8) is 0 Å². The second-order valence-electron chi connectivity index (χ2n) is 8.49. The zero-order valence-corrected chi connectivity index (χ0v) is 16.5. The molecule has 0 atom stereocenters. The molecule has 0 spiro atoms. The number of rotatable bonds is 0. The summed E-state index contributed by atoms with van der Waals surface area (Å²) in [4.78, 5) is 0. The Bertz CT molecular complexity index is 1820. The predicted molar refractivity (Wildman–Crippen MR) is 122 cm³/mol. The van der Waals surface area contributed by atoms with Crippen molar-refractivity contribution in [3.8, 4) is 0 Å². The Hall–Kier alpha value is -3.85. The van der Waals surface area contributed by atoms with Crippen molar-refractivity contribution < 1.29 is 13.4 Å². The molecule has 0 aliphatic carbocycles. The molecule has 3 heterocycles. The molecule has 0 bridgehead atoms. The van der Waals surface area contributed by atoms with Crippen molar-refractivity contribution in [1.29, 1.82) is 0 Å². The molecule has 0 N–H and O–H groups in total. The Morgan fingerprint density at radius 1 is 0.533 bits per heavy atom. The summed E-state index contributed by atoms with van der Waals surface area (Å²) in [7, 11) is 2.12. The van der Waals surface area contributed by atoms with Crippen LogP contribution >= 0.6 is 0 Å². The van der Waals surface area contributed by atoms with Gasteiger partial charge in [-0.2, -0.15) is 0 Å². The zero-order valence-electron chi connectivity index (χ0n) is 16.5. The van der Waals surface area contributed by atoms with E-state index in [-0.39, 0.29) is 0 Å². The summed E-state index contributed by atoms with van der Waals surface area (Å²) < 4.78 is 15.0. The lowest BCUT2D eigenvalue weighted by Gasteiger charge is -2.10. The summed E-state index contributed by atoms with van der Waals surface area (Å²) in [5.41, 5.74) is 6.17. The maximum absolute atomic E-state index is 6.39. The third-order valence-electron chi connectivity index (χ3n) is 6.93.